The number of ether oxygens (including phenoxy) is 1. The molecule has 0 spiro atoms. The number of rotatable bonds is 4. The van der Waals surface area contributed by atoms with E-state index in [0.717, 1.165) is 12.1 Å². The van der Waals surface area contributed by atoms with Gasteiger partial charge in [0.15, 0.2) is 0 Å². The molecule has 0 aromatic heterocycles. The number of hydrogen-bond donors (Lipinski definition) is 1. The van der Waals surface area contributed by atoms with Gasteiger partial charge in [-0.1, -0.05) is 6.92 Å². The molecule has 70 valence electrons. The Hall–Kier alpha value is -0.990. The van der Waals surface area contributed by atoms with Crippen LogP contribution < -0.4 is 5.32 Å². The molecular formula is C9H17NO2. The summed E-state index contributed by atoms with van der Waals surface area (Å²) in [5.41, 5.74) is 1.61. The van der Waals surface area contributed by atoms with Crippen molar-refractivity contribution >= 4 is 5.97 Å². The van der Waals surface area contributed by atoms with Crippen molar-refractivity contribution in [3.63, 3.8) is 0 Å². The van der Waals surface area contributed by atoms with Gasteiger partial charge in [-0.15, -0.1) is 0 Å². The highest BCUT2D eigenvalue weighted by atomic mass is 16.5. The molecule has 0 bridgehead atoms. The number of allylic oxidation sites excluding steroid dienone is 1. The van der Waals surface area contributed by atoms with Crippen molar-refractivity contribution in [2.24, 2.45) is 0 Å². The smallest absolute Gasteiger partial charge is 0.335 e. The van der Waals surface area contributed by atoms with Crippen molar-refractivity contribution in [2.45, 2.75) is 27.2 Å². The Labute approximate surface area is 73.8 Å². The highest BCUT2D eigenvalue weighted by Crippen LogP contribution is 2.05. The minimum Gasteiger partial charge on any atom is -0.463 e. The molecule has 0 aliphatic rings. The molecule has 0 saturated heterocycles. The first-order valence-corrected chi connectivity index (χ1v) is 4.21. The molecule has 0 fully saturated rings. The van der Waals surface area contributed by atoms with E-state index in [-0.39, 0.29) is 5.97 Å². The lowest BCUT2D eigenvalue weighted by molar-refractivity contribution is -0.138. The van der Waals surface area contributed by atoms with Gasteiger partial charge in [0.2, 0.25) is 0 Å². The Balaban J connectivity index is 4.39. The Morgan fingerprint density at radius 2 is 2.00 bits per heavy atom. The summed E-state index contributed by atoms with van der Waals surface area (Å²) in [6, 6.07) is 0. The van der Waals surface area contributed by atoms with Crippen molar-refractivity contribution in [1.29, 1.82) is 0 Å². The fourth-order valence-electron chi connectivity index (χ4n) is 0.992. The predicted octanol–water partition coefficient (Wildman–Crippen LogP) is 1.45. The van der Waals surface area contributed by atoms with Crippen LogP contribution in [0.3, 0.4) is 0 Å². The fraction of sp³-hybridized carbons (Fsp3) is 0.667. The maximum absolute atomic E-state index is 11.2. The zero-order valence-electron chi connectivity index (χ0n) is 8.23. The van der Waals surface area contributed by atoms with E-state index in [0.29, 0.717) is 12.2 Å². The standard InChI is InChI=1S/C9H17NO2/c1-5-8(10-4)7(3)9(11)12-6-2/h10H,5-6H2,1-4H3. The van der Waals surface area contributed by atoms with Crippen LogP contribution in [-0.2, 0) is 9.53 Å². The summed E-state index contributed by atoms with van der Waals surface area (Å²) < 4.78 is 4.85. The first-order chi connectivity index (χ1) is 5.67. The molecule has 0 heterocycles. The van der Waals surface area contributed by atoms with E-state index in [9.17, 15) is 4.79 Å². The normalized spacial score (nSPS) is 12.0. The van der Waals surface area contributed by atoms with Crippen LogP contribution in [0.2, 0.25) is 0 Å². The second-order valence-corrected chi connectivity index (χ2v) is 2.43. The zero-order chi connectivity index (χ0) is 9.56. The summed E-state index contributed by atoms with van der Waals surface area (Å²) in [7, 11) is 1.81. The van der Waals surface area contributed by atoms with Gasteiger partial charge >= 0.3 is 5.97 Å². The second kappa shape index (κ2) is 5.63. The molecule has 0 aromatic rings. The quantitative estimate of drug-likeness (QED) is 0.514. The number of nitrogens with one attached hydrogen (secondary N) is 1. The van der Waals surface area contributed by atoms with Gasteiger partial charge in [0.1, 0.15) is 0 Å². The predicted molar refractivity (Wildman–Crippen MR) is 48.7 cm³/mol. The molecule has 0 radical (unpaired) electrons. The monoisotopic (exact) mass is 171 g/mol. The lowest BCUT2D eigenvalue weighted by Gasteiger charge is -2.08. The molecule has 0 aromatic carbocycles. The largest absolute Gasteiger partial charge is 0.463 e. The summed E-state index contributed by atoms with van der Waals surface area (Å²) in [6.07, 6.45) is 0.821. The van der Waals surface area contributed by atoms with Gasteiger partial charge in [-0.05, 0) is 20.3 Å². The molecule has 0 saturated carbocycles. The lowest BCUT2D eigenvalue weighted by atomic mass is 10.2. The summed E-state index contributed by atoms with van der Waals surface area (Å²) in [5, 5.41) is 2.97. The average molecular weight is 171 g/mol. The van der Waals surface area contributed by atoms with Crippen LogP contribution in [0.1, 0.15) is 27.2 Å². The summed E-state index contributed by atoms with van der Waals surface area (Å²) >= 11 is 0. The Morgan fingerprint density at radius 3 is 2.33 bits per heavy atom. The van der Waals surface area contributed by atoms with E-state index in [1.165, 1.54) is 0 Å². The number of esters is 1. The number of carbonyl (C=O) groups excluding carboxylic acids is 1. The highest BCUT2D eigenvalue weighted by Gasteiger charge is 2.08. The first kappa shape index (κ1) is 11.0. The van der Waals surface area contributed by atoms with Crippen LogP contribution in [0.25, 0.3) is 0 Å². The molecule has 1 N–H and O–H groups in total. The highest BCUT2D eigenvalue weighted by molar-refractivity contribution is 5.88. The van der Waals surface area contributed by atoms with Gasteiger partial charge < -0.3 is 10.1 Å². The third-order valence-electron chi connectivity index (χ3n) is 1.69. The summed E-state index contributed by atoms with van der Waals surface area (Å²) in [6.45, 7) is 5.99. The third kappa shape index (κ3) is 2.95. The van der Waals surface area contributed by atoms with Crippen LogP contribution in [0.4, 0.5) is 0 Å². The molecule has 0 aliphatic carbocycles. The van der Waals surface area contributed by atoms with E-state index >= 15 is 0 Å². The number of carbonyl (C=O) groups is 1. The van der Waals surface area contributed by atoms with E-state index in [4.69, 9.17) is 4.74 Å². The molecule has 0 rings (SSSR count). The minimum atomic E-state index is -0.233. The van der Waals surface area contributed by atoms with E-state index in [2.05, 4.69) is 5.32 Å². The van der Waals surface area contributed by atoms with E-state index in [1.807, 2.05) is 14.0 Å². The lowest BCUT2D eigenvalue weighted by Crippen LogP contribution is -2.14. The number of hydrogen-bond acceptors (Lipinski definition) is 3. The third-order valence-corrected chi connectivity index (χ3v) is 1.69. The molecule has 12 heavy (non-hydrogen) atoms. The fourth-order valence-corrected chi connectivity index (χ4v) is 0.992. The molecule has 3 nitrogen and oxygen atoms in total. The van der Waals surface area contributed by atoms with Gasteiger partial charge in [-0.3, -0.25) is 0 Å². The van der Waals surface area contributed by atoms with Crippen LogP contribution >= 0.6 is 0 Å². The zero-order valence-corrected chi connectivity index (χ0v) is 8.23. The Bertz CT molecular complexity index is 179. The minimum absolute atomic E-state index is 0.233. The Kier molecular flexibility index (Phi) is 5.17. The van der Waals surface area contributed by atoms with Crippen LogP contribution in [0.15, 0.2) is 11.3 Å². The maximum atomic E-state index is 11.2. The van der Waals surface area contributed by atoms with Crippen molar-refractivity contribution < 1.29 is 9.53 Å². The van der Waals surface area contributed by atoms with Gasteiger partial charge in [0, 0.05) is 12.7 Å². The molecule has 3 heteroatoms. The molecule has 0 unspecified atom stereocenters. The van der Waals surface area contributed by atoms with Crippen molar-refractivity contribution in [3.8, 4) is 0 Å². The van der Waals surface area contributed by atoms with Gasteiger partial charge in [0.25, 0.3) is 0 Å². The molecule has 0 aliphatic heterocycles. The summed E-state index contributed by atoms with van der Waals surface area (Å²) in [5.74, 6) is -0.233. The Morgan fingerprint density at radius 1 is 1.42 bits per heavy atom. The van der Waals surface area contributed by atoms with E-state index < -0.39 is 0 Å². The average Bonchev–Trinajstić information content (AvgIpc) is 2.07. The van der Waals surface area contributed by atoms with Crippen molar-refractivity contribution in [1.82, 2.24) is 5.32 Å². The van der Waals surface area contributed by atoms with Crippen LogP contribution in [-0.4, -0.2) is 19.6 Å². The SMILES string of the molecule is CCOC(=O)C(C)=C(CC)NC. The molecule has 0 amide bonds. The van der Waals surface area contributed by atoms with Crippen LogP contribution in [0, 0.1) is 0 Å². The maximum Gasteiger partial charge on any atom is 0.335 e. The topological polar surface area (TPSA) is 38.3 Å². The molecule has 0 atom stereocenters. The van der Waals surface area contributed by atoms with Crippen molar-refractivity contribution in [2.75, 3.05) is 13.7 Å². The van der Waals surface area contributed by atoms with Gasteiger partial charge in [-0.2, -0.15) is 0 Å². The van der Waals surface area contributed by atoms with E-state index in [1.54, 1.807) is 13.8 Å². The molecular weight excluding hydrogens is 154 g/mol. The van der Waals surface area contributed by atoms with Gasteiger partial charge in [-0.25, -0.2) is 4.79 Å². The second-order valence-electron chi connectivity index (χ2n) is 2.43. The van der Waals surface area contributed by atoms with Gasteiger partial charge in [0.05, 0.1) is 12.2 Å². The first-order valence-electron chi connectivity index (χ1n) is 4.21. The van der Waals surface area contributed by atoms with Crippen LogP contribution in [0.5, 0.6) is 0 Å². The summed E-state index contributed by atoms with van der Waals surface area (Å²) in [4.78, 5) is 11.2. The van der Waals surface area contributed by atoms with Crippen molar-refractivity contribution in [3.05, 3.63) is 11.3 Å².